The van der Waals surface area contributed by atoms with E-state index in [1.54, 1.807) is 0 Å². The molecule has 0 saturated carbocycles. The third-order valence-electron chi connectivity index (χ3n) is 6.73. The molecule has 0 aromatic heterocycles. The average Bonchev–Trinajstić information content (AvgIpc) is 3.12. The van der Waals surface area contributed by atoms with Crippen LogP contribution in [0.5, 0.6) is 0 Å². The summed E-state index contributed by atoms with van der Waals surface area (Å²) in [4.78, 5) is 0. The van der Waals surface area contributed by atoms with Gasteiger partial charge in [-0.2, -0.15) is 0 Å². The Balaban J connectivity index is 1.66. The molecule has 0 nitrogen and oxygen atoms in total. The fourth-order valence-corrected chi connectivity index (χ4v) is 4.17. The molecule has 46 heavy (non-hydrogen) atoms. The normalized spacial score (nSPS) is 8.96. The first-order valence-corrected chi connectivity index (χ1v) is 14.1. The molecule has 0 heterocycles. The third-order valence-corrected chi connectivity index (χ3v) is 6.73. The molecule has 0 spiro atoms. The Bertz CT molecular complexity index is 2010. The molecule has 206 valence electrons. The Morgan fingerprint density at radius 1 is 0.239 bits per heavy atom. The molecule has 0 fully saturated rings. The highest BCUT2D eigenvalue weighted by molar-refractivity contribution is 5.64. The van der Waals surface area contributed by atoms with Gasteiger partial charge in [0.2, 0.25) is 0 Å². The smallest absolute Gasteiger partial charge is 0.0419 e. The topological polar surface area (TPSA) is 0 Å². The highest BCUT2D eigenvalue weighted by Gasteiger charge is 2.06. The van der Waals surface area contributed by atoms with Gasteiger partial charge in [0.1, 0.15) is 0 Å². The van der Waals surface area contributed by atoms with Crippen LogP contribution in [0.4, 0.5) is 0 Å². The van der Waals surface area contributed by atoms with E-state index in [0.29, 0.717) is 22.3 Å². The first-order chi connectivity index (χ1) is 22.6. The summed E-state index contributed by atoms with van der Waals surface area (Å²) in [7, 11) is 0. The van der Waals surface area contributed by atoms with Crippen LogP contribution in [0, 0.1) is 96.7 Å². The van der Waals surface area contributed by atoms with Gasteiger partial charge >= 0.3 is 0 Å². The van der Waals surface area contributed by atoms with Gasteiger partial charge in [-0.3, -0.25) is 0 Å². The Morgan fingerprint density at radius 3 is 0.587 bits per heavy atom. The first kappa shape index (κ1) is 30.1. The molecule has 0 heteroatoms. The van der Waals surface area contributed by atoms with Crippen LogP contribution in [-0.4, -0.2) is 0 Å². The summed E-state index contributed by atoms with van der Waals surface area (Å²) in [5.41, 5.74) is 9.30. The van der Waals surface area contributed by atoms with Crippen LogP contribution in [0.3, 0.4) is 0 Å². The summed E-state index contributed by atoms with van der Waals surface area (Å²) < 4.78 is 0. The summed E-state index contributed by atoms with van der Waals surface area (Å²) in [5, 5.41) is 0. The van der Waals surface area contributed by atoms with Crippen molar-refractivity contribution in [3.63, 3.8) is 0 Å². The summed E-state index contributed by atoms with van der Waals surface area (Å²) >= 11 is 0. The molecule has 0 aliphatic rings. The van der Waals surface area contributed by atoms with E-state index in [-0.39, 0.29) is 0 Å². The molecule has 0 unspecified atom stereocenters. The van der Waals surface area contributed by atoms with Crippen molar-refractivity contribution in [2.24, 2.45) is 0 Å². The quantitative estimate of drug-likeness (QED) is 0.172. The second-order valence-electron chi connectivity index (χ2n) is 9.83. The van der Waals surface area contributed by atoms with Gasteiger partial charge in [0.25, 0.3) is 0 Å². The van der Waals surface area contributed by atoms with E-state index in [1.807, 2.05) is 109 Å². The van der Waals surface area contributed by atoms with Gasteiger partial charge in [0, 0.05) is 66.8 Å². The van der Waals surface area contributed by atoms with Crippen LogP contribution < -0.4 is 0 Å². The first-order valence-electron chi connectivity index (χ1n) is 14.1. The lowest BCUT2D eigenvalue weighted by molar-refractivity contribution is 1.50. The van der Waals surface area contributed by atoms with Gasteiger partial charge < -0.3 is 0 Å². The molecule has 0 saturated heterocycles. The summed E-state index contributed by atoms with van der Waals surface area (Å²) in [6, 6.07) is 33.9. The minimum absolute atomic E-state index is 0.713. The number of hydrogen-bond acceptors (Lipinski definition) is 0. The lowest BCUT2D eigenvalue weighted by atomic mass is 9.97. The molecule has 0 atom stereocenters. The maximum atomic E-state index is 5.52. The largest absolute Gasteiger partial charge is 0.115 e. The second kappa shape index (κ2) is 14.7. The zero-order chi connectivity index (χ0) is 32.1. The minimum Gasteiger partial charge on any atom is -0.115 e. The van der Waals surface area contributed by atoms with Gasteiger partial charge in [0.05, 0.1) is 0 Å². The van der Waals surface area contributed by atoms with Gasteiger partial charge in [-0.15, -0.1) is 25.7 Å². The Hall–Kier alpha value is -7.42. The van der Waals surface area contributed by atoms with Crippen molar-refractivity contribution in [2.45, 2.75) is 0 Å². The molecule has 0 amide bonds. The van der Waals surface area contributed by atoms with Crippen molar-refractivity contribution in [2.75, 3.05) is 0 Å². The van der Waals surface area contributed by atoms with Crippen LogP contribution in [0.2, 0.25) is 0 Å². The van der Waals surface area contributed by atoms with Gasteiger partial charge in [0.15, 0.2) is 0 Å². The highest BCUT2D eigenvalue weighted by Crippen LogP contribution is 2.17. The van der Waals surface area contributed by atoms with Crippen LogP contribution in [-0.2, 0) is 0 Å². The van der Waals surface area contributed by atoms with E-state index in [4.69, 9.17) is 25.7 Å². The monoisotopic (exact) mass is 574 g/mol. The maximum Gasteiger partial charge on any atom is 0.0419 e. The van der Waals surface area contributed by atoms with E-state index < -0.39 is 0 Å². The highest BCUT2D eigenvalue weighted by atomic mass is 14.1. The summed E-state index contributed by atoms with van der Waals surface area (Å²) in [6.07, 6.45) is 22.1. The molecule has 0 bridgehead atoms. The zero-order valence-corrected chi connectivity index (χ0v) is 24.7. The molecule has 0 aliphatic heterocycles. The van der Waals surface area contributed by atoms with Crippen molar-refractivity contribution >= 4 is 0 Å². The number of rotatable bonds is 0. The number of terminal acetylenes is 4. The summed E-state index contributed by atoms with van der Waals surface area (Å²) in [6.45, 7) is 0. The lowest BCUT2D eigenvalue weighted by Crippen LogP contribution is -1.93. The molecule has 0 aliphatic carbocycles. The molecule has 0 N–H and O–H groups in total. The van der Waals surface area contributed by atoms with Gasteiger partial charge in [-0.25, -0.2) is 0 Å². The lowest BCUT2D eigenvalue weighted by Gasteiger charge is -2.04. The van der Waals surface area contributed by atoms with E-state index >= 15 is 0 Å². The predicted octanol–water partition coefficient (Wildman–Crippen LogP) is 7.21. The molecular weight excluding hydrogens is 553 g/mol. The standard InChI is InChI=1S/C46H22/c1-5-35-9-17-39(18-10-35)25-29-43-33-45(31-27-41-21-13-37(7-3)14-22-41)46(32-28-42-23-15-38(8-4)16-24-42)34-44(43)30-26-40-19-11-36(6-2)12-20-40/h1-4,9-24,33-34H. The molecular formula is C46H22. The van der Waals surface area contributed by atoms with Crippen LogP contribution >= 0.6 is 0 Å². The SMILES string of the molecule is C#Cc1ccc(C#Cc2cc(C#Cc3ccc(C#C)cc3)c(C#Cc3ccc(C#C)cc3)cc2C#Cc2ccc(C#C)cc2)cc1. The van der Waals surface area contributed by atoms with Crippen LogP contribution in [0.25, 0.3) is 0 Å². The second-order valence-corrected chi connectivity index (χ2v) is 9.83. The predicted molar refractivity (Wildman–Crippen MR) is 188 cm³/mol. The Labute approximate surface area is 271 Å². The number of benzene rings is 5. The molecule has 5 aromatic rings. The zero-order valence-electron chi connectivity index (χ0n) is 24.7. The van der Waals surface area contributed by atoms with E-state index in [9.17, 15) is 0 Å². The van der Waals surface area contributed by atoms with Crippen molar-refractivity contribution in [3.05, 3.63) is 176 Å². The van der Waals surface area contributed by atoms with Gasteiger partial charge in [-0.05, 0) is 109 Å². The van der Waals surface area contributed by atoms with E-state index in [2.05, 4.69) is 71.0 Å². The Morgan fingerprint density at radius 2 is 0.413 bits per heavy atom. The van der Waals surface area contributed by atoms with Crippen LogP contribution in [0.1, 0.15) is 66.8 Å². The fraction of sp³-hybridized carbons (Fsp3) is 0. The van der Waals surface area contributed by atoms with Crippen molar-refractivity contribution in [3.8, 4) is 96.7 Å². The summed E-state index contributed by atoms with van der Waals surface area (Å²) in [5.74, 6) is 36.7. The van der Waals surface area contributed by atoms with Gasteiger partial charge in [-0.1, -0.05) is 71.0 Å². The van der Waals surface area contributed by atoms with Crippen molar-refractivity contribution in [1.29, 1.82) is 0 Å². The molecule has 5 aromatic carbocycles. The van der Waals surface area contributed by atoms with E-state index in [1.165, 1.54) is 0 Å². The fourth-order valence-electron chi connectivity index (χ4n) is 4.17. The molecule has 0 radical (unpaired) electrons. The number of hydrogen-bond donors (Lipinski definition) is 0. The van der Waals surface area contributed by atoms with Crippen molar-refractivity contribution < 1.29 is 0 Å². The van der Waals surface area contributed by atoms with E-state index in [0.717, 1.165) is 44.5 Å². The minimum atomic E-state index is 0.713. The van der Waals surface area contributed by atoms with Crippen molar-refractivity contribution in [1.82, 2.24) is 0 Å². The average molecular weight is 575 g/mol. The van der Waals surface area contributed by atoms with Crippen LogP contribution in [0.15, 0.2) is 109 Å². The third kappa shape index (κ3) is 7.90. The Kier molecular flexibility index (Phi) is 9.57. The molecule has 5 rings (SSSR count). The maximum absolute atomic E-state index is 5.52.